The van der Waals surface area contributed by atoms with Crippen LogP contribution in [0.3, 0.4) is 0 Å². The summed E-state index contributed by atoms with van der Waals surface area (Å²) in [4.78, 5) is 32.1. The lowest BCUT2D eigenvalue weighted by atomic mass is 9.98. The number of hydrogen-bond acceptors (Lipinski definition) is 6. The number of nitriles is 1. The van der Waals surface area contributed by atoms with Crippen molar-refractivity contribution in [3.05, 3.63) is 50.7 Å². The summed E-state index contributed by atoms with van der Waals surface area (Å²) in [6.45, 7) is 0. The van der Waals surface area contributed by atoms with Gasteiger partial charge in [-0.1, -0.05) is 12.1 Å². The first-order chi connectivity index (χ1) is 11.0. The Kier molecular flexibility index (Phi) is 3.31. The third kappa shape index (κ3) is 2.30. The number of pyridine rings is 1. The molecular weight excluding hydrogens is 298 g/mol. The van der Waals surface area contributed by atoms with E-state index >= 15 is 0 Å². The van der Waals surface area contributed by atoms with E-state index < -0.39 is 11.2 Å². The van der Waals surface area contributed by atoms with Crippen LogP contribution in [0.1, 0.15) is 5.56 Å². The Morgan fingerprint density at radius 1 is 1.22 bits per heavy atom. The van der Waals surface area contributed by atoms with Crippen LogP contribution in [-0.4, -0.2) is 22.1 Å². The van der Waals surface area contributed by atoms with Gasteiger partial charge in [0.2, 0.25) is 0 Å². The molecule has 0 aliphatic rings. The molecule has 8 heteroatoms. The molecule has 3 rings (SSSR count). The van der Waals surface area contributed by atoms with Gasteiger partial charge in [0.1, 0.15) is 28.8 Å². The summed E-state index contributed by atoms with van der Waals surface area (Å²) in [5.74, 6) is 0.563. The van der Waals surface area contributed by atoms with Gasteiger partial charge in [0.05, 0.1) is 12.5 Å². The largest absolute Gasteiger partial charge is 0.497 e. The average Bonchev–Trinajstić information content (AvgIpc) is 2.53. The van der Waals surface area contributed by atoms with E-state index in [1.807, 2.05) is 6.07 Å². The predicted molar refractivity (Wildman–Crippen MR) is 84.1 cm³/mol. The fourth-order valence-corrected chi connectivity index (χ4v) is 2.38. The lowest BCUT2D eigenvalue weighted by Gasteiger charge is -2.10. The summed E-state index contributed by atoms with van der Waals surface area (Å²) >= 11 is 0. The molecule has 2 heterocycles. The monoisotopic (exact) mass is 309 g/mol. The minimum Gasteiger partial charge on any atom is -0.497 e. The van der Waals surface area contributed by atoms with Crippen molar-refractivity contribution in [1.29, 1.82) is 5.26 Å². The molecule has 0 saturated carbocycles. The summed E-state index contributed by atoms with van der Waals surface area (Å²) in [7, 11) is 1.53. The molecule has 0 bridgehead atoms. The third-order valence-corrected chi connectivity index (χ3v) is 3.40. The van der Waals surface area contributed by atoms with Crippen LogP contribution < -0.4 is 21.7 Å². The van der Waals surface area contributed by atoms with Crippen molar-refractivity contribution < 1.29 is 4.74 Å². The van der Waals surface area contributed by atoms with Gasteiger partial charge in [-0.3, -0.25) is 14.8 Å². The molecule has 8 nitrogen and oxygen atoms in total. The van der Waals surface area contributed by atoms with Crippen LogP contribution in [0.2, 0.25) is 0 Å². The number of nitrogen functional groups attached to an aromatic ring is 1. The Morgan fingerprint density at radius 2 is 1.91 bits per heavy atom. The molecule has 0 radical (unpaired) electrons. The van der Waals surface area contributed by atoms with Crippen LogP contribution in [0, 0.1) is 11.3 Å². The van der Waals surface area contributed by atoms with E-state index in [9.17, 15) is 14.9 Å². The molecule has 0 aliphatic heterocycles. The van der Waals surface area contributed by atoms with Crippen LogP contribution in [0.25, 0.3) is 22.2 Å². The Balaban J connectivity index is 2.48. The van der Waals surface area contributed by atoms with Gasteiger partial charge in [0.25, 0.3) is 5.56 Å². The number of aromatic amines is 2. The number of H-pyrrole nitrogens is 2. The first-order valence-corrected chi connectivity index (χ1v) is 6.55. The molecule has 2 aromatic heterocycles. The van der Waals surface area contributed by atoms with E-state index in [2.05, 4.69) is 15.0 Å². The fourth-order valence-electron chi connectivity index (χ4n) is 2.38. The highest BCUT2D eigenvalue weighted by Gasteiger charge is 2.18. The lowest BCUT2D eigenvalue weighted by Crippen LogP contribution is -2.23. The SMILES string of the molecule is COc1ccc(-c2c(C#N)c(N)nc3[nH]c(=O)[nH]c(=O)c23)cc1. The lowest BCUT2D eigenvalue weighted by molar-refractivity contribution is 0.415. The highest BCUT2D eigenvalue weighted by Crippen LogP contribution is 2.32. The average molecular weight is 309 g/mol. The number of fused-ring (bicyclic) bond motifs is 1. The van der Waals surface area contributed by atoms with E-state index in [1.54, 1.807) is 24.3 Å². The van der Waals surface area contributed by atoms with Gasteiger partial charge in [-0.2, -0.15) is 5.26 Å². The van der Waals surface area contributed by atoms with Crippen molar-refractivity contribution in [3.63, 3.8) is 0 Å². The standard InChI is InChI=1S/C15H11N5O3/c1-23-8-4-2-7(3-5-8)10-9(6-16)12(17)18-13-11(10)14(21)20-15(22)19-13/h2-5H,1H3,(H4,17,18,19,20,21,22). The Morgan fingerprint density at radius 3 is 2.52 bits per heavy atom. The zero-order chi connectivity index (χ0) is 16.6. The highest BCUT2D eigenvalue weighted by atomic mass is 16.5. The van der Waals surface area contributed by atoms with E-state index in [4.69, 9.17) is 10.5 Å². The zero-order valence-electron chi connectivity index (χ0n) is 12.0. The number of methoxy groups -OCH3 is 1. The summed E-state index contributed by atoms with van der Waals surface area (Å²) in [5, 5.41) is 9.49. The number of hydrogen-bond donors (Lipinski definition) is 3. The minimum atomic E-state index is -0.695. The smallest absolute Gasteiger partial charge is 0.327 e. The van der Waals surface area contributed by atoms with Gasteiger partial charge in [-0.05, 0) is 17.7 Å². The van der Waals surface area contributed by atoms with Crippen LogP contribution in [-0.2, 0) is 0 Å². The minimum absolute atomic E-state index is 0.0288. The van der Waals surface area contributed by atoms with Crippen molar-refractivity contribution in [2.24, 2.45) is 0 Å². The normalized spacial score (nSPS) is 10.4. The molecule has 0 saturated heterocycles. The molecule has 0 spiro atoms. The fraction of sp³-hybridized carbons (Fsp3) is 0.0667. The summed E-state index contributed by atoms with van der Waals surface area (Å²) in [6, 6.07) is 8.73. The maximum atomic E-state index is 12.2. The molecule has 0 fully saturated rings. The number of rotatable bonds is 2. The van der Waals surface area contributed by atoms with Crippen molar-refractivity contribution in [1.82, 2.24) is 15.0 Å². The predicted octanol–water partition coefficient (Wildman–Crippen LogP) is 0.741. The second-order valence-electron chi connectivity index (χ2n) is 4.72. The molecule has 3 aromatic rings. The van der Waals surface area contributed by atoms with Crippen molar-refractivity contribution in [2.75, 3.05) is 12.8 Å². The number of benzene rings is 1. The molecule has 0 unspecified atom stereocenters. The topological polar surface area (TPSA) is 138 Å². The molecular formula is C15H11N5O3. The number of nitrogens with zero attached hydrogens (tertiary/aromatic N) is 2. The quantitative estimate of drug-likeness (QED) is 0.638. The molecule has 114 valence electrons. The van der Waals surface area contributed by atoms with E-state index in [-0.39, 0.29) is 22.4 Å². The number of ether oxygens (including phenoxy) is 1. The van der Waals surface area contributed by atoms with Gasteiger partial charge >= 0.3 is 5.69 Å². The molecule has 4 N–H and O–H groups in total. The molecule has 0 atom stereocenters. The maximum Gasteiger partial charge on any atom is 0.327 e. The van der Waals surface area contributed by atoms with Gasteiger partial charge in [-0.15, -0.1) is 0 Å². The van der Waals surface area contributed by atoms with Crippen molar-refractivity contribution >= 4 is 16.9 Å². The molecule has 0 amide bonds. The second kappa shape index (κ2) is 5.31. The molecule has 23 heavy (non-hydrogen) atoms. The summed E-state index contributed by atoms with van der Waals surface area (Å²) < 4.78 is 5.09. The zero-order valence-corrected chi connectivity index (χ0v) is 12.0. The Labute approximate surface area is 129 Å². The summed E-state index contributed by atoms with van der Waals surface area (Å²) in [5.41, 5.74) is 5.46. The maximum absolute atomic E-state index is 12.2. The molecule has 0 aliphatic carbocycles. The number of nitrogens with one attached hydrogen (secondary N) is 2. The van der Waals surface area contributed by atoms with Gasteiger partial charge in [-0.25, -0.2) is 9.78 Å². The van der Waals surface area contributed by atoms with Crippen LogP contribution >= 0.6 is 0 Å². The van der Waals surface area contributed by atoms with Crippen LogP contribution in [0.15, 0.2) is 33.9 Å². The Bertz CT molecular complexity index is 1060. The van der Waals surface area contributed by atoms with Crippen LogP contribution in [0.5, 0.6) is 5.75 Å². The van der Waals surface area contributed by atoms with E-state index in [0.29, 0.717) is 16.9 Å². The van der Waals surface area contributed by atoms with Gasteiger partial charge in [0, 0.05) is 5.56 Å². The Hall–Kier alpha value is -3.60. The highest BCUT2D eigenvalue weighted by molar-refractivity contribution is 5.97. The van der Waals surface area contributed by atoms with Crippen LogP contribution in [0.4, 0.5) is 5.82 Å². The van der Waals surface area contributed by atoms with E-state index in [1.165, 1.54) is 7.11 Å². The van der Waals surface area contributed by atoms with Crippen molar-refractivity contribution in [3.8, 4) is 22.9 Å². The van der Waals surface area contributed by atoms with Crippen molar-refractivity contribution in [2.45, 2.75) is 0 Å². The molecule has 1 aromatic carbocycles. The van der Waals surface area contributed by atoms with E-state index in [0.717, 1.165) is 0 Å². The number of aromatic nitrogens is 3. The van der Waals surface area contributed by atoms with Gasteiger partial charge in [0.15, 0.2) is 0 Å². The van der Waals surface area contributed by atoms with Gasteiger partial charge < -0.3 is 10.5 Å². The third-order valence-electron chi connectivity index (χ3n) is 3.40. The first-order valence-electron chi connectivity index (χ1n) is 6.55. The number of nitrogens with two attached hydrogens (primary N) is 1. The second-order valence-corrected chi connectivity index (χ2v) is 4.72. The number of anilines is 1. The first kappa shape index (κ1) is 14.3. The summed E-state index contributed by atoms with van der Waals surface area (Å²) in [6.07, 6.45) is 0.